The minimum Gasteiger partial charge on any atom is -0.392 e. The van der Waals surface area contributed by atoms with Crippen molar-refractivity contribution in [3.05, 3.63) is 28.8 Å². The summed E-state index contributed by atoms with van der Waals surface area (Å²) in [5.41, 5.74) is 4.22. The number of alkyl halides is 2. The largest absolute Gasteiger partial charge is 0.392 e. The van der Waals surface area contributed by atoms with Gasteiger partial charge in [0.2, 0.25) is 0 Å². The topological polar surface area (TPSA) is 59.1 Å². The van der Waals surface area contributed by atoms with Crippen LogP contribution >= 0.6 is 0 Å². The van der Waals surface area contributed by atoms with E-state index in [0.29, 0.717) is 6.20 Å². The van der Waals surface area contributed by atoms with Gasteiger partial charge in [-0.3, -0.25) is 4.98 Å². The van der Waals surface area contributed by atoms with Crippen LogP contribution in [-0.4, -0.2) is 10.1 Å². The summed E-state index contributed by atoms with van der Waals surface area (Å²) in [6.45, 7) is -0.944. The fourth-order valence-corrected chi connectivity index (χ4v) is 1.17. The Hall–Kier alpha value is -1.14. The summed E-state index contributed by atoms with van der Waals surface area (Å²) in [4.78, 5) is 3.22. The van der Waals surface area contributed by atoms with E-state index in [-0.39, 0.29) is 17.7 Å². The molecule has 78 valence electrons. The van der Waals surface area contributed by atoms with Gasteiger partial charge in [-0.25, -0.2) is 13.2 Å². The van der Waals surface area contributed by atoms with Crippen molar-refractivity contribution >= 4 is 0 Å². The highest BCUT2D eigenvalue weighted by Crippen LogP contribution is 2.24. The third kappa shape index (κ3) is 1.85. The van der Waals surface area contributed by atoms with Crippen molar-refractivity contribution in [3.8, 4) is 0 Å². The van der Waals surface area contributed by atoms with E-state index >= 15 is 0 Å². The number of pyridine rings is 1. The molecule has 1 rings (SSSR count). The summed E-state index contributed by atoms with van der Waals surface area (Å²) in [7, 11) is 0. The second kappa shape index (κ2) is 4.39. The molecule has 0 bridgehead atoms. The molecule has 3 nitrogen and oxygen atoms in total. The maximum absolute atomic E-state index is 13.0. The average Bonchev–Trinajstić information content (AvgIpc) is 2.16. The van der Waals surface area contributed by atoms with Gasteiger partial charge >= 0.3 is 0 Å². The van der Waals surface area contributed by atoms with Crippen LogP contribution < -0.4 is 5.73 Å². The maximum Gasteiger partial charge on any atom is 0.280 e. The SMILES string of the molecule is NCc1c(F)cnc(C(F)F)c1CO. The number of hydrogen-bond donors (Lipinski definition) is 2. The number of halogens is 3. The Morgan fingerprint density at radius 2 is 2.07 bits per heavy atom. The van der Waals surface area contributed by atoms with E-state index in [1.54, 1.807) is 0 Å². The van der Waals surface area contributed by atoms with Crippen LogP contribution in [0.1, 0.15) is 23.2 Å². The first-order valence-electron chi connectivity index (χ1n) is 3.87. The molecule has 0 aliphatic carbocycles. The molecule has 14 heavy (non-hydrogen) atoms. The molecule has 1 heterocycles. The van der Waals surface area contributed by atoms with Gasteiger partial charge in [-0.05, 0) is 0 Å². The van der Waals surface area contributed by atoms with Gasteiger partial charge in [-0.15, -0.1) is 0 Å². The Labute approximate surface area is 78.4 Å². The number of rotatable bonds is 3. The summed E-state index contributed by atoms with van der Waals surface area (Å²) in [5, 5.41) is 8.81. The summed E-state index contributed by atoms with van der Waals surface area (Å²) >= 11 is 0. The molecule has 0 aromatic carbocycles. The quantitative estimate of drug-likeness (QED) is 0.778. The Morgan fingerprint density at radius 3 is 2.50 bits per heavy atom. The zero-order chi connectivity index (χ0) is 10.7. The number of aliphatic hydroxyl groups excluding tert-OH is 1. The van der Waals surface area contributed by atoms with Crippen LogP contribution in [-0.2, 0) is 13.2 Å². The van der Waals surface area contributed by atoms with Gasteiger partial charge in [0.15, 0.2) is 0 Å². The number of hydrogen-bond acceptors (Lipinski definition) is 3. The summed E-state index contributed by atoms with van der Waals surface area (Å²) in [6.07, 6.45) is -2.16. The number of nitrogens with zero attached hydrogens (tertiary/aromatic N) is 1. The second-order valence-corrected chi connectivity index (χ2v) is 2.61. The first-order chi connectivity index (χ1) is 6.61. The molecule has 0 atom stereocenters. The second-order valence-electron chi connectivity index (χ2n) is 2.61. The minimum atomic E-state index is -2.84. The van der Waals surface area contributed by atoms with Gasteiger partial charge in [0.05, 0.1) is 12.8 Å². The Kier molecular flexibility index (Phi) is 3.43. The fraction of sp³-hybridized carbons (Fsp3) is 0.375. The maximum atomic E-state index is 13.0. The third-order valence-corrected chi connectivity index (χ3v) is 1.85. The van der Waals surface area contributed by atoms with Crippen molar-refractivity contribution < 1.29 is 18.3 Å². The van der Waals surface area contributed by atoms with Crippen LogP contribution in [0.4, 0.5) is 13.2 Å². The van der Waals surface area contributed by atoms with E-state index < -0.39 is 24.5 Å². The molecule has 0 aliphatic rings. The predicted octanol–water partition coefficient (Wildman–Crippen LogP) is 1.11. The molecule has 1 aromatic heterocycles. The Bertz CT molecular complexity index is 331. The molecular weight excluding hydrogens is 197 g/mol. The molecule has 0 fully saturated rings. The van der Waals surface area contributed by atoms with Crippen molar-refractivity contribution in [2.24, 2.45) is 5.73 Å². The van der Waals surface area contributed by atoms with Gasteiger partial charge in [-0.2, -0.15) is 0 Å². The molecular formula is C8H9F3N2O. The van der Waals surface area contributed by atoms with Crippen LogP contribution in [0.5, 0.6) is 0 Å². The zero-order valence-corrected chi connectivity index (χ0v) is 7.17. The predicted molar refractivity (Wildman–Crippen MR) is 43.0 cm³/mol. The monoisotopic (exact) mass is 206 g/mol. The molecule has 1 aromatic rings. The van der Waals surface area contributed by atoms with Crippen molar-refractivity contribution in [3.63, 3.8) is 0 Å². The Morgan fingerprint density at radius 1 is 1.43 bits per heavy atom. The van der Waals surface area contributed by atoms with E-state index in [0.717, 1.165) is 0 Å². The highest BCUT2D eigenvalue weighted by molar-refractivity contribution is 5.31. The highest BCUT2D eigenvalue weighted by atomic mass is 19.3. The van der Waals surface area contributed by atoms with E-state index in [4.69, 9.17) is 10.8 Å². The summed E-state index contributed by atoms with van der Waals surface area (Å²) in [6, 6.07) is 0. The van der Waals surface area contributed by atoms with Gasteiger partial charge in [0.25, 0.3) is 6.43 Å². The van der Waals surface area contributed by atoms with Crippen molar-refractivity contribution in [2.75, 3.05) is 0 Å². The number of aromatic nitrogens is 1. The van der Waals surface area contributed by atoms with Crippen LogP contribution in [0.25, 0.3) is 0 Å². The van der Waals surface area contributed by atoms with Crippen LogP contribution in [0.3, 0.4) is 0 Å². The van der Waals surface area contributed by atoms with Crippen LogP contribution in [0, 0.1) is 5.82 Å². The lowest BCUT2D eigenvalue weighted by Gasteiger charge is -2.10. The third-order valence-electron chi connectivity index (χ3n) is 1.85. The summed E-state index contributed by atoms with van der Waals surface area (Å²) in [5.74, 6) is -0.777. The lowest BCUT2D eigenvalue weighted by Crippen LogP contribution is -2.10. The lowest BCUT2D eigenvalue weighted by atomic mass is 10.1. The molecule has 0 saturated carbocycles. The van der Waals surface area contributed by atoms with E-state index in [1.807, 2.05) is 0 Å². The van der Waals surface area contributed by atoms with Crippen molar-refractivity contribution in [2.45, 2.75) is 19.6 Å². The number of nitrogens with two attached hydrogens (primary N) is 1. The van der Waals surface area contributed by atoms with Crippen LogP contribution in [0.2, 0.25) is 0 Å². The summed E-state index contributed by atoms with van der Waals surface area (Å²) < 4.78 is 37.6. The van der Waals surface area contributed by atoms with Gasteiger partial charge in [0.1, 0.15) is 11.5 Å². The smallest absolute Gasteiger partial charge is 0.280 e. The average molecular weight is 206 g/mol. The van der Waals surface area contributed by atoms with Gasteiger partial charge < -0.3 is 10.8 Å². The van der Waals surface area contributed by atoms with E-state index in [2.05, 4.69) is 4.98 Å². The first kappa shape index (κ1) is 10.9. The highest BCUT2D eigenvalue weighted by Gasteiger charge is 2.19. The number of aliphatic hydroxyl groups is 1. The molecule has 0 radical (unpaired) electrons. The minimum absolute atomic E-state index is 0.113. The molecule has 0 unspecified atom stereocenters. The fourth-order valence-electron chi connectivity index (χ4n) is 1.17. The zero-order valence-electron chi connectivity index (χ0n) is 7.17. The molecule has 0 amide bonds. The van der Waals surface area contributed by atoms with E-state index in [1.165, 1.54) is 0 Å². The lowest BCUT2D eigenvalue weighted by molar-refractivity contribution is 0.141. The van der Waals surface area contributed by atoms with Crippen molar-refractivity contribution in [1.82, 2.24) is 4.98 Å². The van der Waals surface area contributed by atoms with E-state index in [9.17, 15) is 13.2 Å². The first-order valence-corrected chi connectivity index (χ1v) is 3.87. The van der Waals surface area contributed by atoms with Crippen LogP contribution in [0.15, 0.2) is 6.20 Å². The molecule has 0 spiro atoms. The van der Waals surface area contributed by atoms with Gasteiger partial charge in [-0.1, -0.05) is 0 Å². The molecule has 0 saturated heterocycles. The Balaban J connectivity index is 3.33. The standard InChI is InChI=1S/C8H9F3N2O/c9-6-2-13-7(8(10)11)5(3-14)4(6)1-12/h2,8,14H,1,3,12H2. The normalized spacial score (nSPS) is 11.0. The molecule has 0 aliphatic heterocycles. The van der Waals surface area contributed by atoms with Gasteiger partial charge in [0, 0.05) is 17.7 Å². The molecule has 3 N–H and O–H groups in total. The van der Waals surface area contributed by atoms with Crippen molar-refractivity contribution in [1.29, 1.82) is 0 Å². The molecule has 6 heteroatoms.